The number of piperidine rings is 1. The summed E-state index contributed by atoms with van der Waals surface area (Å²) in [6.45, 7) is 3.74. The van der Waals surface area contributed by atoms with Crippen LogP contribution in [0.2, 0.25) is 5.02 Å². The van der Waals surface area contributed by atoms with Crippen LogP contribution in [0.25, 0.3) is 0 Å². The molecule has 2 atom stereocenters. The molecule has 3 rings (SSSR count). The van der Waals surface area contributed by atoms with E-state index in [-0.39, 0.29) is 28.4 Å². The van der Waals surface area contributed by atoms with Gasteiger partial charge in [0.2, 0.25) is 5.91 Å². The molecule has 166 valence electrons. The Morgan fingerprint density at radius 3 is 2.70 bits per heavy atom. The fourth-order valence-electron chi connectivity index (χ4n) is 4.11. The van der Waals surface area contributed by atoms with Crippen molar-refractivity contribution in [2.24, 2.45) is 0 Å². The number of rotatable bonds is 7. The molecule has 0 spiro atoms. The van der Waals surface area contributed by atoms with Gasteiger partial charge >= 0.3 is 0 Å². The van der Waals surface area contributed by atoms with Crippen LogP contribution in [0.5, 0.6) is 5.75 Å². The molecule has 2 amide bonds. The second kappa shape index (κ2) is 10.3. The third kappa shape index (κ3) is 5.56. The number of nitrogens with zero attached hydrogens (tertiary/aromatic N) is 2. The third-order valence-electron chi connectivity index (χ3n) is 5.87. The predicted molar refractivity (Wildman–Crippen MR) is 116 cm³/mol. The molecule has 2 aliphatic rings. The van der Waals surface area contributed by atoms with Crippen molar-refractivity contribution in [3.63, 3.8) is 0 Å². The van der Waals surface area contributed by atoms with Gasteiger partial charge in [-0.25, -0.2) is 0 Å². The van der Waals surface area contributed by atoms with Crippen molar-refractivity contribution in [2.45, 2.75) is 44.2 Å². The quantitative estimate of drug-likeness (QED) is 0.557. The highest BCUT2D eigenvalue weighted by molar-refractivity contribution is 6.33. The van der Waals surface area contributed by atoms with Crippen molar-refractivity contribution >= 4 is 29.1 Å². The number of benzene rings is 1. The molecule has 0 unspecified atom stereocenters. The Morgan fingerprint density at radius 1 is 1.30 bits per heavy atom. The van der Waals surface area contributed by atoms with Gasteiger partial charge in [0.05, 0.1) is 35.5 Å². The Labute approximate surface area is 182 Å². The first-order chi connectivity index (χ1) is 14.4. The maximum atomic E-state index is 12.7. The van der Waals surface area contributed by atoms with Gasteiger partial charge in [-0.05, 0) is 38.3 Å². The molecule has 2 fully saturated rings. The van der Waals surface area contributed by atoms with Crippen LogP contribution in [0.15, 0.2) is 12.1 Å². The van der Waals surface area contributed by atoms with Gasteiger partial charge in [-0.15, -0.1) is 0 Å². The molecule has 0 aliphatic carbocycles. The highest BCUT2D eigenvalue weighted by Crippen LogP contribution is 2.29. The average Bonchev–Trinajstić information content (AvgIpc) is 3.26. The van der Waals surface area contributed by atoms with Crippen molar-refractivity contribution < 1.29 is 19.4 Å². The van der Waals surface area contributed by atoms with Gasteiger partial charge in [0, 0.05) is 38.7 Å². The Kier molecular flexibility index (Phi) is 7.80. The van der Waals surface area contributed by atoms with E-state index in [0.717, 1.165) is 45.4 Å². The zero-order chi connectivity index (χ0) is 21.7. The van der Waals surface area contributed by atoms with Crippen molar-refractivity contribution in [3.8, 4) is 5.75 Å². The molecule has 4 N–H and O–H groups in total. The Hall–Kier alpha value is -2.03. The van der Waals surface area contributed by atoms with Crippen LogP contribution < -0.4 is 15.8 Å². The minimum atomic E-state index is -0.688. The lowest BCUT2D eigenvalue weighted by Crippen LogP contribution is -2.54. The number of nitrogens with one attached hydrogen (secondary N) is 1. The summed E-state index contributed by atoms with van der Waals surface area (Å²) in [6.07, 6.45) is 3.46. The Bertz CT molecular complexity index is 770. The molecule has 0 aromatic heterocycles. The fraction of sp³-hybridized carbons (Fsp3) is 0.619. The number of carbonyl (C=O) groups is 2. The molecular formula is C21H31ClN4O4. The van der Waals surface area contributed by atoms with Gasteiger partial charge in [0.15, 0.2) is 0 Å². The van der Waals surface area contributed by atoms with Crippen LogP contribution in [-0.2, 0) is 4.79 Å². The number of ether oxygens (including phenoxy) is 1. The molecule has 0 saturated carbocycles. The zero-order valence-corrected chi connectivity index (χ0v) is 18.2. The van der Waals surface area contributed by atoms with Crippen molar-refractivity contribution in [1.82, 2.24) is 15.1 Å². The first-order valence-corrected chi connectivity index (χ1v) is 10.9. The van der Waals surface area contributed by atoms with Crippen molar-refractivity contribution in [2.75, 3.05) is 45.6 Å². The smallest absolute Gasteiger partial charge is 0.255 e. The topological polar surface area (TPSA) is 108 Å². The molecule has 2 heterocycles. The van der Waals surface area contributed by atoms with Gasteiger partial charge in [-0.1, -0.05) is 11.6 Å². The second-order valence-corrected chi connectivity index (χ2v) is 8.41. The van der Waals surface area contributed by atoms with Gasteiger partial charge in [-0.3, -0.25) is 9.59 Å². The Morgan fingerprint density at radius 2 is 2.03 bits per heavy atom. The van der Waals surface area contributed by atoms with E-state index < -0.39 is 6.10 Å². The number of aliphatic hydroxyl groups is 1. The van der Waals surface area contributed by atoms with Gasteiger partial charge in [0.1, 0.15) is 5.75 Å². The highest BCUT2D eigenvalue weighted by atomic mass is 35.5. The molecular weight excluding hydrogens is 408 g/mol. The SMILES string of the molecule is COc1cc(N)c(Cl)cc1C(=O)N[C@@H]1CCN(CCCC(=O)N2CCCC2)C[C@@H]1O. The van der Waals surface area contributed by atoms with Crippen molar-refractivity contribution in [1.29, 1.82) is 0 Å². The summed E-state index contributed by atoms with van der Waals surface area (Å²) in [4.78, 5) is 28.9. The number of β-amino-alcohol motifs (C(OH)–C–C–N with tert-alkyl or cyclic N) is 1. The molecule has 0 radical (unpaired) electrons. The second-order valence-electron chi connectivity index (χ2n) is 8.00. The molecule has 9 heteroatoms. The van der Waals surface area contributed by atoms with Crippen LogP contribution in [0.3, 0.4) is 0 Å². The van der Waals surface area contributed by atoms with Crippen LogP contribution in [0, 0.1) is 0 Å². The number of anilines is 1. The van der Waals surface area contributed by atoms with Gasteiger partial charge < -0.3 is 30.7 Å². The summed E-state index contributed by atoms with van der Waals surface area (Å²) < 4.78 is 5.23. The van der Waals surface area contributed by atoms with Crippen molar-refractivity contribution in [3.05, 3.63) is 22.7 Å². The molecule has 1 aromatic rings. The number of nitrogen functional groups attached to an aromatic ring is 1. The molecule has 8 nitrogen and oxygen atoms in total. The lowest BCUT2D eigenvalue weighted by molar-refractivity contribution is -0.130. The maximum absolute atomic E-state index is 12.7. The highest BCUT2D eigenvalue weighted by Gasteiger charge is 2.30. The lowest BCUT2D eigenvalue weighted by Gasteiger charge is -2.36. The predicted octanol–water partition coefficient (Wildman–Crippen LogP) is 1.50. The standard InChI is InChI=1S/C21H31ClN4O4/c1-30-19-12-16(23)15(22)11-14(19)21(29)24-17-6-10-25(13-18(17)27)7-4-5-20(28)26-8-2-3-9-26/h11-12,17-18,27H,2-10,13,23H2,1H3,(H,24,29)/t17-,18+/m1/s1. The van der Waals surface area contributed by atoms with E-state index in [9.17, 15) is 14.7 Å². The fourth-order valence-corrected chi connectivity index (χ4v) is 4.27. The third-order valence-corrected chi connectivity index (χ3v) is 6.20. The minimum absolute atomic E-state index is 0.228. The molecule has 0 bridgehead atoms. The van der Waals surface area contributed by atoms with Crippen LogP contribution >= 0.6 is 11.6 Å². The monoisotopic (exact) mass is 438 g/mol. The van der Waals surface area contributed by atoms with E-state index in [4.69, 9.17) is 22.1 Å². The number of hydrogen-bond donors (Lipinski definition) is 3. The number of nitrogens with two attached hydrogens (primary N) is 1. The minimum Gasteiger partial charge on any atom is -0.496 e. The number of likely N-dealkylation sites (tertiary alicyclic amines) is 2. The van der Waals surface area contributed by atoms with Crippen LogP contribution in [-0.4, -0.2) is 78.7 Å². The van der Waals surface area contributed by atoms with Gasteiger partial charge in [0.25, 0.3) is 5.91 Å². The Balaban J connectivity index is 1.47. The first kappa shape index (κ1) is 22.7. The summed E-state index contributed by atoms with van der Waals surface area (Å²) in [5.74, 6) is 0.206. The van der Waals surface area contributed by atoms with E-state index in [1.807, 2.05) is 4.90 Å². The summed E-state index contributed by atoms with van der Waals surface area (Å²) in [7, 11) is 1.46. The van der Waals surface area contributed by atoms with Gasteiger partial charge in [-0.2, -0.15) is 0 Å². The number of hydrogen-bond acceptors (Lipinski definition) is 6. The molecule has 2 aliphatic heterocycles. The van der Waals surface area contributed by atoms with E-state index >= 15 is 0 Å². The average molecular weight is 439 g/mol. The summed E-state index contributed by atoms with van der Waals surface area (Å²) >= 11 is 6.05. The zero-order valence-electron chi connectivity index (χ0n) is 17.4. The van der Waals surface area contributed by atoms with E-state index in [2.05, 4.69) is 10.2 Å². The van der Waals surface area contributed by atoms with E-state index in [1.165, 1.54) is 19.2 Å². The van der Waals surface area contributed by atoms with E-state index in [0.29, 0.717) is 30.8 Å². The number of carbonyl (C=O) groups excluding carboxylic acids is 2. The number of aliphatic hydroxyl groups excluding tert-OH is 1. The number of methoxy groups -OCH3 is 1. The van der Waals surface area contributed by atoms with Crippen LogP contribution in [0.4, 0.5) is 5.69 Å². The molecule has 2 saturated heterocycles. The summed E-state index contributed by atoms with van der Waals surface area (Å²) in [6, 6.07) is 2.63. The first-order valence-electron chi connectivity index (χ1n) is 10.5. The summed E-state index contributed by atoms with van der Waals surface area (Å²) in [5, 5.41) is 13.7. The molecule has 30 heavy (non-hydrogen) atoms. The molecule has 1 aromatic carbocycles. The summed E-state index contributed by atoms with van der Waals surface area (Å²) in [5.41, 5.74) is 6.39. The number of halogens is 1. The normalized spacial score (nSPS) is 22.2. The van der Waals surface area contributed by atoms with E-state index in [1.54, 1.807) is 0 Å². The largest absolute Gasteiger partial charge is 0.496 e. The number of amides is 2. The maximum Gasteiger partial charge on any atom is 0.255 e. The van der Waals surface area contributed by atoms with Crippen LogP contribution in [0.1, 0.15) is 42.5 Å². The lowest BCUT2D eigenvalue weighted by atomic mass is 10.0.